The van der Waals surface area contributed by atoms with Crippen LogP contribution in [0.3, 0.4) is 0 Å². The van der Waals surface area contributed by atoms with Gasteiger partial charge in [-0.3, -0.25) is 23.4 Å². The fourth-order valence-corrected chi connectivity index (χ4v) is 4.20. The minimum absolute atomic E-state index is 0.123. The van der Waals surface area contributed by atoms with Gasteiger partial charge >= 0.3 is 17.9 Å². The quantitative estimate of drug-likeness (QED) is 0.297. The first-order valence-corrected chi connectivity index (χ1v) is 11.6. The highest BCUT2D eigenvalue weighted by Crippen LogP contribution is 2.28. The van der Waals surface area contributed by atoms with Gasteiger partial charge < -0.3 is 24.3 Å². The smallest absolute Gasteiger partial charge is 0.305 e. The molecule has 1 amide bonds. The summed E-state index contributed by atoms with van der Waals surface area (Å²) in [5.41, 5.74) is 0.835. The molecule has 1 fully saturated rings. The van der Waals surface area contributed by atoms with Crippen molar-refractivity contribution in [1.82, 2.24) is 5.32 Å². The van der Waals surface area contributed by atoms with Crippen molar-refractivity contribution in [3.05, 3.63) is 29.8 Å². The Kier molecular flexibility index (Phi) is 9.13. The van der Waals surface area contributed by atoms with Crippen molar-refractivity contribution < 1.29 is 50.7 Å². The second-order valence-electron chi connectivity index (χ2n) is 7.58. The van der Waals surface area contributed by atoms with Crippen LogP contribution < -0.4 is 5.32 Å². The van der Waals surface area contributed by atoms with E-state index in [2.05, 4.69) is 5.32 Å². The van der Waals surface area contributed by atoms with Crippen LogP contribution in [0.2, 0.25) is 0 Å². The number of hydrogen-bond acceptors (Lipinski definition) is 11. The molecule has 0 unspecified atom stereocenters. The molecule has 2 rings (SSSR count). The Hall–Kier alpha value is -3.03. The third kappa shape index (κ3) is 7.50. The Morgan fingerprint density at radius 3 is 1.91 bits per heavy atom. The lowest BCUT2D eigenvalue weighted by Gasteiger charge is -2.44. The van der Waals surface area contributed by atoms with Crippen LogP contribution in [0.1, 0.15) is 33.3 Å². The van der Waals surface area contributed by atoms with Gasteiger partial charge in [0.25, 0.3) is 10.1 Å². The summed E-state index contributed by atoms with van der Waals surface area (Å²) in [6.07, 6.45) is -5.66. The summed E-state index contributed by atoms with van der Waals surface area (Å²) >= 11 is 0. The number of aryl methyl sites for hydroxylation is 1. The van der Waals surface area contributed by atoms with Crippen molar-refractivity contribution >= 4 is 33.9 Å². The number of benzene rings is 1. The largest absolute Gasteiger partial charge is 0.456 e. The van der Waals surface area contributed by atoms with Gasteiger partial charge in [-0.15, -0.1) is 0 Å². The molecule has 1 aliphatic rings. The van der Waals surface area contributed by atoms with E-state index in [4.69, 9.17) is 23.1 Å². The first-order chi connectivity index (χ1) is 15.8. The Labute approximate surface area is 196 Å². The molecular formula is C21H27NO11S. The molecule has 0 saturated carbocycles. The molecule has 0 aromatic heterocycles. The number of esters is 3. The van der Waals surface area contributed by atoms with E-state index in [1.54, 1.807) is 19.1 Å². The number of carbonyl (C=O) groups excluding carboxylic acids is 4. The van der Waals surface area contributed by atoms with Crippen LogP contribution in [0.4, 0.5) is 0 Å². The SMILES string of the molecule is CC(=O)N[C@@H]1[C@H](OC(C)=O)O[C@H](COS(=O)(=O)c2ccc(C)cc2)[C@H](OC(C)=O)[C@@H]1OC(C)=O. The van der Waals surface area contributed by atoms with E-state index in [9.17, 15) is 27.6 Å². The van der Waals surface area contributed by atoms with Crippen LogP contribution in [-0.4, -0.2) is 69.5 Å². The summed E-state index contributed by atoms with van der Waals surface area (Å²) < 4.78 is 51.7. The summed E-state index contributed by atoms with van der Waals surface area (Å²) in [7, 11) is -4.25. The molecule has 34 heavy (non-hydrogen) atoms. The molecule has 1 aliphatic heterocycles. The van der Waals surface area contributed by atoms with E-state index in [-0.39, 0.29) is 4.90 Å². The molecule has 0 radical (unpaired) electrons. The maximum atomic E-state index is 12.6. The van der Waals surface area contributed by atoms with E-state index in [1.165, 1.54) is 19.1 Å². The number of nitrogens with one attached hydrogen (secondary N) is 1. The van der Waals surface area contributed by atoms with Crippen LogP contribution in [0.15, 0.2) is 29.2 Å². The molecule has 5 atom stereocenters. The molecule has 1 heterocycles. The number of ether oxygens (including phenoxy) is 4. The summed E-state index contributed by atoms with van der Waals surface area (Å²) in [4.78, 5) is 46.8. The fourth-order valence-electron chi connectivity index (χ4n) is 3.29. The van der Waals surface area contributed by atoms with Crippen LogP contribution in [0, 0.1) is 6.92 Å². The summed E-state index contributed by atoms with van der Waals surface area (Å²) in [6, 6.07) is 4.61. The van der Waals surface area contributed by atoms with Crippen molar-refractivity contribution in [3.63, 3.8) is 0 Å². The van der Waals surface area contributed by atoms with E-state index in [1.807, 2.05) is 0 Å². The Balaban J connectivity index is 2.40. The molecule has 1 N–H and O–H groups in total. The Morgan fingerprint density at radius 1 is 0.882 bits per heavy atom. The first-order valence-electron chi connectivity index (χ1n) is 10.2. The molecule has 13 heteroatoms. The van der Waals surface area contributed by atoms with Gasteiger partial charge in [0, 0.05) is 27.7 Å². The average molecular weight is 502 g/mol. The highest BCUT2D eigenvalue weighted by molar-refractivity contribution is 7.86. The van der Waals surface area contributed by atoms with Crippen LogP contribution in [0.25, 0.3) is 0 Å². The molecule has 12 nitrogen and oxygen atoms in total. The topological polar surface area (TPSA) is 161 Å². The third-order valence-corrected chi connectivity index (χ3v) is 5.90. The van der Waals surface area contributed by atoms with Gasteiger partial charge in [0.2, 0.25) is 12.2 Å². The van der Waals surface area contributed by atoms with E-state index >= 15 is 0 Å². The lowest BCUT2D eigenvalue weighted by Crippen LogP contribution is -2.66. The van der Waals surface area contributed by atoms with E-state index in [0.29, 0.717) is 0 Å². The lowest BCUT2D eigenvalue weighted by molar-refractivity contribution is -0.268. The van der Waals surface area contributed by atoms with E-state index in [0.717, 1.165) is 26.3 Å². The number of hydrogen-bond donors (Lipinski definition) is 1. The van der Waals surface area contributed by atoms with Gasteiger partial charge in [-0.05, 0) is 19.1 Å². The minimum atomic E-state index is -4.25. The number of carbonyl (C=O) groups is 4. The predicted molar refractivity (Wildman–Crippen MR) is 113 cm³/mol. The molecule has 1 aromatic carbocycles. The van der Waals surface area contributed by atoms with Crippen molar-refractivity contribution in [2.24, 2.45) is 0 Å². The fraction of sp³-hybridized carbons (Fsp3) is 0.524. The second kappa shape index (κ2) is 11.4. The Bertz CT molecular complexity index is 1020. The summed E-state index contributed by atoms with van der Waals surface area (Å²) in [5.74, 6) is -2.97. The minimum Gasteiger partial charge on any atom is -0.456 e. The molecule has 0 bridgehead atoms. The summed E-state index contributed by atoms with van der Waals surface area (Å²) in [5, 5.41) is 2.45. The lowest BCUT2D eigenvalue weighted by atomic mass is 9.96. The third-order valence-electron chi connectivity index (χ3n) is 4.60. The van der Waals surface area contributed by atoms with Gasteiger partial charge in [0.1, 0.15) is 12.1 Å². The summed E-state index contributed by atoms with van der Waals surface area (Å²) in [6.45, 7) is 5.51. The highest BCUT2D eigenvalue weighted by atomic mass is 32.2. The van der Waals surface area contributed by atoms with Gasteiger partial charge in [-0.1, -0.05) is 17.7 Å². The molecule has 0 spiro atoms. The zero-order valence-corrected chi connectivity index (χ0v) is 20.1. The van der Waals surface area contributed by atoms with Gasteiger partial charge in [0.15, 0.2) is 12.2 Å². The van der Waals surface area contributed by atoms with E-state index < -0.39 is 71.2 Å². The van der Waals surface area contributed by atoms with Gasteiger partial charge in [-0.2, -0.15) is 8.42 Å². The maximum absolute atomic E-state index is 12.6. The second-order valence-corrected chi connectivity index (χ2v) is 9.19. The molecule has 0 aliphatic carbocycles. The normalized spacial score (nSPS) is 24.6. The zero-order valence-electron chi connectivity index (χ0n) is 19.3. The van der Waals surface area contributed by atoms with Gasteiger partial charge in [-0.25, -0.2) is 0 Å². The molecule has 1 saturated heterocycles. The molecule has 1 aromatic rings. The number of rotatable bonds is 8. The number of amides is 1. The molecular weight excluding hydrogens is 474 g/mol. The Morgan fingerprint density at radius 2 is 1.41 bits per heavy atom. The first kappa shape index (κ1) is 27.2. The standard InChI is InChI=1S/C21H27NO11S/c1-11-6-8-16(9-7-11)34(27,28)29-10-17-19(30-13(3)24)20(31-14(4)25)18(22-12(2)23)21(33-17)32-15(5)26/h6-9,17-21H,10H2,1-5H3,(H,22,23)/t17-,18+,19+,20-,21-/m1/s1. The van der Waals surface area contributed by atoms with Crippen molar-refractivity contribution in [2.45, 2.75) is 70.2 Å². The maximum Gasteiger partial charge on any atom is 0.305 e. The van der Waals surface area contributed by atoms with Crippen molar-refractivity contribution in [1.29, 1.82) is 0 Å². The van der Waals surface area contributed by atoms with Gasteiger partial charge in [0.05, 0.1) is 11.5 Å². The monoisotopic (exact) mass is 501 g/mol. The van der Waals surface area contributed by atoms with Crippen LogP contribution in [0.5, 0.6) is 0 Å². The zero-order chi connectivity index (χ0) is 25.6. The van der Waals surface area contributed by atoms with Crippen LogP contribution >= 0.6 is 0 Å². The van der Waals surface area contributed by atoms with Crippen molar-refractivity contribution in [2.75, 3.05) is 6.61 Å². The highest BCUT2D eigenvalue weighted by Gasteiger charge is 2.52. The average Bonchev–Trinajstić information content (AvgIpc) is 2.70. The van der Waals surface area contributed by atoms with Crippen LogP contribution in [-0.2, 0) is 52.4 Å². The molecule has 188 valence electrons. The predicted octanol–water partition coefficient (Wildman–Crippen LogP) is 0.356. The van der Waals surface area contributed by atoms with Crippen molar-refractivity contribution in [3.8, 4) is 0 Å².